The molecule has 1 atom stereocenters. The second-order valence-electron chi connectivity index (χ2n) is 4.41. The van der Waals surface area contributed by atoms with Crippen molar-refractivity contribution in [1.29, 1.82) is 0 Å². The van der Waals surface area contributed by atoms with Gasteiger partial charge in [0.25, 0.3) is 0 Å². The maximum absolute atomic E-state index is 11.3. The average Bonchev–Trinajstić information content (AvgIpc) is 2.64. The highest BCUT2D eigenvalue weighted by atomic mass is 79.9. The standard InChI is InChI=1S/C13H16BrNO2/c1-2-3-4-12(16)9-5-8-6-13(17)15-11(8)7-10(9)14/h5,7,12,16H,2-4,6H2,1H3,(H,15,17). The molecule has 1 aromatic carbocycles. The molecular formula is C13H16BrNO2. The molecular weight excluding hydrogens is 282 g/mol. The lowest BCUT2D eigenvalue weighted by molar-refractivity contribution is -0.115. The minimum atomic E-state index is -0.453. The Morgan fingerprint density at radius 2 is 2.29 bits per heavy atom. The van der Waals surface area contributed by atoms with Crippen LogP contribution < -0.4 is 5.32 Å². The van der Waals surface area contributed by atoms with Gasteiger partial charge in [-0.05, 0) is 29.7 Å². The van der Waals surface area contributed by atoms with Gasteiger partial charge in [-0.3, -0.25) is 4.79 Å². The van der Waals surface area contributed by atoms with E-state index in [0.29, 0.717) is 6.42 Å². The van der Waals surface area contributed by atoms with Gasteiger partial charge in [0.1, 0.15) is 0 Å². The number of fused-ring (bicyclic) bond motifs is 1. The number of anilines is 1. The van der Waals surface area contributed by atoms with E-state index in [1.807, 2.05) is 12.1 Å². The Labute approximate surface area is 109 Å². The third-order valence-corrected chi connectivity index (χ3v) is 3.72. The molecule has 0 radical (unpaired) electrons. The maximum atomic E-state index is 11.3. The summed E-state index contributed by atoms with van der Waals surface area (Å²) in [5, 5.41) is 12.9. The van der Waals surface area contributed by atoms with E-state index in [4.69, 9.17) is 0 Å². The molecule has 0 saturated heterocycles. The van der Waals surface area contributed by atoms with E-state index < -0.39 is 6.10 Å². The smallest absolute Gasteiger partial charge is 0.228 e. The van der Waals surface area contributed by atoms with Crippen LogP contribution in [0.4, 0.5) is 5.69 Å². The second-order valence-corrected chi connectivity index (χ2v) is 5.27. The molecule has 0 spiro atoms. The summed E-state index contributed by atoms with van der Waals surface area (Å²) >= 11 is 3.45. The van der Waals surface area contributed by atoms with Gasteiger partial charge in [-0.2, -0.15) is 0 Å². The van der Waals surface area contributed by atoms with Crippen LogP contribution in [-0.4, -0.2) is 11.0 Å². The number of nitrogens with one attached hydrogen (secondary N) is 1. The Morgan fingerprint density at radius 1 is 1.53 bits per heavy atom. The fourth-order valence-electron chi connectivity index (χ4n) is 2.08. The first-order chi connectivity index (χ1) is 8.11. The third-order valence-electron chi connectivity index (χ3n) is 3.04. The Hall–Kier alpha value is -0.870. The lowest BCUT2D eigenvalue weighted by Crippen LogP contribution is -2.03. The maximum Gasteiger partial charge on any atom is 0.228 e. The van der Waals surface area contributed by atoms with Gasteiger partial charge in [0.2, 0.25) is 5.91 Å². The second kappa shape index (κ2) is 5.19. The molecule has 0 bridgehead atoms. The fraction of sp³-hybridized carbons (Fsp3) is 0.462. The number of rotatable bonds is 4. The summed E-state index contributed by atoms with van der Waals surface area (Å²) in [5.74, 6) is 0.0205. The molecule has 0 fully saturated rings. The summed E-state index contributed by atoms with van der Waals surface area (Å²) < 4.78 is 0.863. The lowest BCUT2D eigenvalue weighted by atomic mass is 10.0. The van der Waals surface area contributed by atoms with Crippen molar-refractivity contribution >= 4 is 27.5 Å². The molecule has 1 heterocycles. The van der Waals surface area contributed by atoms with Crippen molar-refractivity contribution in [3.63, 3.8) is 0 Å². The third kappa shape index (κ3) is 2.69. The van der Waals surface area contributed by atoms with Crippen molar-refractivity contribution in [2.75, 3.05) is 5.32 Å². The van der Waals surface area contributed by atoms with Crippen LogP contribution in [0.5, 0.6) is 0 Å². The molecule has 0 aromatic heterocycles. The molecule has 2 N–H and O–H groups in total. The van der Waals surface area contributed by atoms with Crippen molar-refractivity contribution in [3.05, 3.63) is 27.7 Å². The van der Waals surface area contributed by atoms with Gasteiger partial charge in [-0.1, -0.05) is 35.7 Å². The van der Waals surface area contributed by atoms with Gasteiger partial charge < -0.3 is 10.4 Å². The van der Waals surface area contributed by atoms with E-state index in [2.05, 4.69) is 28.2 Å². The first-order valence-corrected chi connectivity index (χ1v) is 6.71. The van der Waals surface area contributed by atoms with Crippen molar-refractivity contribution in [3.8, 4) is 0 Å². The van der Waals surface area contributed by atoms with Crippen molar-refractivity contribution in [2.24, 2.45) is 0 Å². The predicted molar refractivity (Wildman–Crippen MR) is 71.0 cm³/mol. The van der Waals surface area contributed by atoms with Gasteiger partial charge in [0.05, 0.1) is 12.5 Å². The highest BCUT2D eigenvalue weighted by molar-refractivity contribution is 9.10. The highest BCUT2D eigenvalue weighted by Gasteiger charge is 2.21. The number of carbonyl (C=O) groups is 1. The number of amides is 1. The summed E-state index contributed by atoms with van der Waals surface area (Å²) in [6, 6.07) is 3.81. The first-order valence-electron chi connectivity index (χ1n) is 5.92. The summed E-state index contributed by atoms with van der Waals surface area (Å²) in [5.41, 5.74) is 2.71. The number of unbranched alkanes of at least 4 members (excludes halogenated alkanes) is 1. The van der Waals surface area contributed by atoms with Crippen molar-refractivity contribution < 1.29 is 9.90 Å². The van der Waals surface area contributed by atoms with Gasteiger partial charge in [0, 0.05) is 10.2 Å². The predicted octanol–water partition coefficient (Wildman–Crippen LogP) is 3.17. The topological polar surface area (TPSA) is 49.3 Å². The fourth-order valence-corrected chi connectivity index (χ4v) is 2.68. The van der Waals surface area contributed by atoms with Gasteiger partial charge in [-0.15, -0.1) is 0 Å². The van der Waals surface area contributed by atoms with Gasteiger partial charge in [-0.25, -0.2) is 0 Å². The van der Waals surface area contributed by atoms with E-state index in [0.717, 1.165) is 40.5 Å². The zero-order valence-corrected chi connectivity index (χ0v) is 11.4. The van der Waals surface area contributed by atoms with Crippen LogP contribution in [0.3, 0.4) is 0 Å². The number of aliphatic hydroxyl groups is 1. The zero-order chi connectivity index (χ0) is 12.4. The summed E-state index contributed by atoms with van der Waals surface area (Å²) in [7, 11) is 0. The number of benzene rings is 1. The van der Waals surface area contributed by atoms with Crippen molar-refractivity contribution in [2.45, 2.75) is 38.7 Å². The minimum Gasteiger partial charge on any atom is -0.388 e. The molecule has 92 valence electrons. The summed E-state index contributed by atoms with van der Waals surface area (Å²) in [4.78, 5) is 11.3. The highest BCUT2D eigenvalue weighted by Crippen LogP contribution is 2.34. The summed E-state index contributed by atoms with van der Waals surface area (Å²) in [6.07, 6.45) is 2.79. The number of halogens is 1. The molecule has 17 heavy (non-hydrogen) atoms. The van der Waals surface area contributed by atoms with Crippen LogP contribution in [0, 0.1) is 0 Å². The molecule has 2 rings (SSSR count). The normalized spacial score (nSPS) is 15.6. The number of aliphatic hydroxyl groups excluding tert-OH is 1. The van der Waals surface area contributed by atoms with E-state index in [1.54, 1.807) is 0 Å². The van der Waals surface area contributed by atoms with Crippen LogP contribution in [0.25, 0.3) is 0 Å². The average molecular weight is 298 g/mol. The Kier molecular flexibility index (Phi) is 3.84. The van der Waals surface area contributed by atoms with E-state index in [-0.39, 0.29) is 5.91 Å². The van der Waals surface area contributed by atoms with Gasteiger partial charge in [0.15, 0.2) is 0 Å². The molecule has 4 heteroatoms. The van der Waals surface area contributed by atoms with Gasteiger partial charge >= 0.3 is 0 Å². The molecule has 1 amide bonds. The molecule has 1 aliphatic rings. The molecule has 0 aliphatic carbocycles. The number of carbonyl (C=O) groups excluding carboxylic acids is 1. The van der Waals surface area contributed by atoms with E-state index in [9.17, 15) is 9.90 Å². The Bertz CT molecular complexity index is 445. The number of hydrogen-bond donors (Lipinski definition) is 2. The van der Waals surface area contributed by atoms with Crippen LogP contribution in [-0.2, 0) is 11.2 Å². The van der Waals surface area contributed by atoms with E-state index >= 15 is 0 Å². The quantitative estimate of drug-likeness (QED) is 0.897. The Balaban J connectivity index is 2.24. The molecule has 1 aliphatic heterocycles. The minimum absolute atomic E-state index is 0.0205. The van der Waals surface area contributed by atoms with Crippen LogP contribution >= 0.6 is 15.9 Å². The zero-order valence-electron chi connectivity index (χ0n) is 9.79. The molecule has 1 aromatic rings. The lowest BCUT2D eigenvalue weighted by Gasteiger charge is -2.14. The van der Waals surface area contributed by atoms with Crippen LogP contribution in [0.15, 0.2) is 16.6 Å². The first kappa shape index (κ1) is 12.6. The van der Waals surface area contributed by atoms with Crippen LogP contribution in [0.1, 0.15) is 43.4 Å². The summed E-state index contributed by atoms with van der Waals surface area (Å²) in [6.45, 7) is 2.10. The molecule has 1 unspecified atom stereocenters. The van der Waals surface area contributed by atoms with Crippen molar-refractivity contribution in [1.82, 2.24) is 0 Å². The largest absolute Gasteiger partial charge is 0.388 e. The Morgan fingerprint density at radius 3 is 3.00 bits per heavy atom. The SMILES string of the molecule is CCCCC(O)c1cc2c(cc1Br)NC(=O)C2. The van der Waals surface area contributed by atoms with E-state index in [1.165, 1.54) is 0 Å². The monoisotopic (exact) mass is 297 g/mol. The van der Waals surface area contributed by atoms with Crippen LogP contribution in [0.2, 0.25) is 0 Å². The molecule has 3 nitrogen and oxygen atoms in total. The molecule has 0 saturated carbocycles. The number of hydrogen-bond acceptors (Lipinski definition) is 2.